The summed E-state index contributed by atoms with van der Waals surface area (Å²) in [6.45, 7) is 5.92. The van der Waals surface area contributed by atoms with E-state index in [0.29, 0.717) is 25.7 Å². The maximum absolute atomic E-state index is 13.3. The van der Waals surface area contributed by atoms with Crippen LogP contribution in [0.15, 0.2) is 42.5 Å². The molecule has 0 bridgehead atoms. The second-order valence-electron chi connectivity index (χ2n) is 9.95. The summed E-state index contributed by atoms with van der Waals surface area (Å²) >= 11 is 0. The molecule has 0 saturated carbocycles. The number of ether oxygens (including phenoxy) is 1. The van der Waals surface area contributed by atoms with Gasteiger partial charge in [-0.05, 0) is 66.8 Å². The van der Waals surface area contributed by atoms with Gasteiger partial charge in [0.15, 0.2) is 0 Å². The molecule has 1 aliphatic rings. The van der Waals surface area contributed by atoms with Crippen molar-refractivity contribution in [2.24, 2.45) is 11.8 Å². The number of nitrogens with one attached hydrogen (secondary N) is 2. The molecule has 0 heterocycles. The van der Waals surface area contributed by atoms with Gasteiger partial charge in [0.2, 0.25) is 11.8 Å². The van der Waals surface area contributed by atoms with Gasteiger partial charge >= 0.3 is 7.12 Å². The summed E-state index contributed by atoms with van der Waals surface area (Å²) in [5.41, 5.74) is 4.29. The first-order valence-corrected chi connectivity index (χ1v) is 12.3. The van der Waals surface area contributed by atoms with Crippen LogP contribution >= 0.6 is 0 Å². The van der Waals surface area contributed by atoms with Crippen LogP contribution in [0.3, 0.4) is 0 Å². The first-order chi connectivity index (χ1) is 16.7. The highest BCUT2D eigenvalue weighted by Crippen LogP contribution is 2.33. The predicted molar refractivity (Wildman–Crippen MR) is 137 cm³/mol. The van der Waals surface area contributed by atoms with E-state index in [1.54, 1.807) is 7.11 Å². The first-order valence-electron chi connectivity index (χ1n) is 12.3. The minimum Gasteiger partial charge on any atom is -0.496 e. The quantitative estimate of drug-likeness (QED) is 0.391. The summed E-state index contributed by atoms with van der Waals surface area (Å²) in [4.78, 5) is 26.6. The van der Waals surface area contributed by atoms with Crippen LogP contribution in [0.4, 0.5) is 0 Å². The van der Waals surface area contributed by atoms with Gasteiger partial charge in [0.25, 0.3) is 0 Å². The van der Waals surface area contributed by atoms with Crippen LogP contribution in [0, 0.1) is 18.8 Å². The largest absolute Gasteiger partial charge is 0.496 e. The van der Waals surface area contributed by atoms with Gasteiger partial charge in [-0.1, -0.05) is 50.2 Å². The number of hydrogen-bond donors (Lipinski definition) is 4. The molecule has 0 saturated heterocycles. The molecule has 3 atom stereocenters. The number of carbonyl (C=O) groups excluding carboxylic acids is 2. The summed E-state index contributed by atoms with van der Waals surface area (Å²) in [6, 6.07) is 12.8. The molecule has 3 rings (SSSR count). The van der Waals surface area contributed by atoms with Gasteiger partial charge in [0, 0.05) is 12.3 Å². The Morgan fingerprint density at radius 3 is 2.49 bits per heavy atom. The van der Waals surface area contributed by atoms with E-state index in [-0.39, 0.29) is 17.7 Å². The standard InChI is InChI=1S/C27H37BN2O5/c1-17(2)12-25(28(33)34)30-27(32)23(15-19-8-6-5-7-9-19)29-26(31)21-11-10-20-13-18(3)14-24(35-4)22(20)16-21/h5-9,13-14,17,21,23,25,33-34H,10-12,15-16H2,1-4H3,(H,29,31)(H,30,32)/t21?,23-,25-/m0/s1. The van der Waals surface area contributed by atoms with Crippen LogP contribution in [0.25, 0.3) is 0 Å². The molecule has 8 heteroatoms. The van der Waals surface area contributed by atoms with Crippen LogP contribution in [-0.4, -0.2) is 48.1 Å². The van der Waals surface area contributed by atoms with Gasteiger partial charge < -0.3 is 25.4 Å². The zero-order chi connectivity index (χ0) is 25.5. The van der Waals surface area contributed by atoms with Crippen LogP contribution < -0.4 is 15.4 Å². The molecule has 188 valence electrons. The molecule has 1 unspecified atom stereocenters. The third kappa shape index (κ3) is 7.32. The highest BCUT2D eigenvalue weighted by molar-refractivity contribution is 6.43. The topological polar surface area (TPSA) is 108 Å². The zero-order valence-electron chi connectivity index (χ0n) is 21.1. The minimum absolute atomic E-state index is 0.158. The lowest BCUT2D eigenvalue weighted by Crippen LogP contribution is -2.55. The lowest BCUT2D eigenvalue weighted by molar-refractivity contribution is -0.131. The van der Waals surface area contributed by atoms with Crippen molar-refractivity contribution >= 4 is 18.9 Å². The molecular formula is C27H37BN2O5. The molecule has 7 nitrogen and oxygen atoms in total. The maximum Gasteiger partial charge on any atom is 0.475 e. The fourth-order valence-electron chi connectivity index (χ4n) is 4.79. The fraction of sp³-hybridized carbons (Fsp3) is 0.481. The SMILES string of the molecule is COc1cc(C)cc2c1CC(C(=O)N[C@@H](Cc1ccccc1)C(=O)N[C@@H](CC(C)C)B(O)O)CC2. The van der Waals surface area contributed by atoms with Crippen molar-refractivity contribution in [3.63, 3.8) is 0 Å². The molecule has 35 heavy (non-hydrogen) atoms. The average Bonchev–Trinajstić information content (AvgIpc) is 2.82. The normalized spacial score (nSPS) is 16.7. The van der Waals surface area contributed by atoms with E-state index in [1.807, 2.05) is 57.2 Å². The number of carbonyl (C=O) groups is 2. The van der Waals surface area contributed by atoms with Crippen molar-refractivity contribution in [2.45, 2.75) is 64.9 Å². The number of amides is 2. The Balaban J connectivity index is 1.77. The Kier molecular flexibility index (Phi) is 9.35. The molecule has 0 aromatic heterocycles. The van der Waals surface area contributed by atoms with Crippen molar-refractivity contribution < 1.29 is 24.4 Å². The summed E-state index contributed by atoms with van der Waals surface area (Å²) in [5.74, 6) is -0.744. The van der Waals surface area contributed by atoms with Crippen molar-refractivity contribution in [3.05, 3.63) is 64.7 Å². The first kappa shape index (κ1) is 26.8. The van der Waals surface area contributed by atoms with Gasteiger partial charge in [-0.3, -0.25) is 9.59 Å². The van der Waals surface area contributed by atoms with E-state index in [9.17, 15) is 19.6 Å². The highest BCUT2D eigenvalue weighted by Gasteiger charge is 2.33. The predicted octanol–water partition coefficient (Wildman–Crippen LogP) is 2.38. The lowest BCUT2D eigenvalue weighted by Gasteiger charge is -2.28. The average molecular weight is 480 g/mol. The van der Waals surface area contributed by atoms with E-state index < -0.39 is 25.0 Å². The Hall–Kier alpha value is -2.84. The van der Waals surface area contributed by atoms with Gasteiger partial charge in [-0.2, -0.15) is 0 Å². The highest BCUT2D eigenvalue weighted by atomic mass is 16.5. The number of methoxy groups -OCH3 is 1. The minimum atomic E-state index is -1.68. The van der Waals surface area contributed by atoms with Gasteiger partial charge in [-0.25, -0.2) is 0 Å². The number of fused-ring (bicyclic) bond motifs is 1. The number of rotatable bonds is 10. The summed E-state index contributed by atoms with van der Waals surface area (Å²) in [6.07, 6.45) is 2.73. The van der Waals surface area contributed by atoms with Crippen molar-refractivity contribution in [2.75, 3.05) is 7.11 Å². The Bertz CT molecular complexity index is 995. The number of benzene rings is 2. The van der Waals surface area contributed by atoms with Gasteiger partial charge in [0.05, 0.1) is 13.1 Å². The molecular weight excluding hydrogens is 443 g/mol. The molecule has 0 spiro atoms. The van der Waals surface area contributed by atoms with E-state index in [4.69, 9.17) is 4.74 Å². The molecule has 2 amide bonds. The molecule has 4 N–H and O–H groups in total. The van der Waals surface area contributed by atoms with Crippen LogP contribution in [0.2, 0.25) is 0 Å². The zero-order valence-corrected chi connectivity index (χ0v) is 21.1. The van der Waals surface area contributed by atoms with Gasteiger partial charge in [0.1, 0.15) is 11.8 Å². The monoisotopic (exact) mass is 480 g/mol. The fourth-order valence-corrected chi connectivity index (χ4v) is 4.79. The molecule has 0 fully saturated rings. The van der Waals surface area contributed by atoms with Crippen molar-refractivity contribution in [3.8, 4) is 5.75 Å². The molecule has 0 aliphatic heterocycles. The van der Waals surface area contributed by atoms with Crippen LogP contribution in [-0.2, 0) is 28.9 Å². The summed E-state index contributed by atoms with van der Waals surface area (Å²) < 4.78 is 5.57. The second kappa shape index (κ2) is 12.2. The van der Waals surface area contributed by atoms with Crippen molar-refractivity contribution in [1.29, 1.82) is 0 Å². The molecule has 2 aromatic carbocycles. The Morgan fingerprint density at radius 1 is 1.14 bits per heavy atom. The lowest BCUT2D eigenvalue weighted by atomic mass is 9.75. The number of hydrogen-bond acceptors (Lipinski definition) is 5. The third-order valence-electron chi connectivity index (χ3n) is 6.58. The van der Waals surface area contributed by atoms with Crippen LogP contribution in [0.1, 0.15) is 48.9 Å². The maximum atomic E-state index is 13.3. The Morgan fingerprint density at radius 2 is 1.86 bits per heavy atom. The molecule has 1 aliphatic carbocycles. The van der Waals surface area contributed by atoms with E-state index in [1.165, 1.54) is 5.56 Å². The molecule has 0 radical (unpaired) electrons. The third-order valence-corrected chi connectivity index (χ3v) is 6.58. The smallest absolute Gasteiger partial charge is 0.475 e. The summed E-state index contributed by atoms with van der Waals surface area (Å²) in [5, 5.41) is 25.2. The number of aryl methyl sites for hydroxylation is 2. The van der Waals surface area contributed by atoms with E-state index in [2.05, 4.69) is 16.7 Å². The van der Waals surface area contributed by atoms with Crippen LogP contribution in [0.5, 0.6) is 5.75 Å². The van der Waals surface area contributed by atoms with Crippen molar-refractivity contribution in [1.82, 2.24) is 10.6 Å². The summed E-state index contributed by atoms with van der Waals surface area (Å²) in [7, 11) is -0.0394. The van der Waals surface area contributed by atoms with Gasteiger partial charge in [-0.15, -0.1) is 0 Å². The van der Waals surface area contributed by atoms with E-state index >= 15 is 0 Å². The Labute approximate surface area is 208 Å². The van der Waals surface area contributed by atoms with E-state index in [0.717, 1.165) is 28.9 Å². The molecule has 2 aromatic rings. The second-order valence-corrected chi connectivity index (χ2v) is 9.95.